The van der Waals surface area contributed by atoms with E-state index in [1.165, 1.54) is 6.42 Å². The van der Waals surface area contributed by atoms with Gasteiger partial charge in [0.05, 0.1) is 13.3 Å². The molecule has 0 amide bonds. The van der Waals surface area contributed by atoms with Crippen LogP contribution in [0.1, 0.15) is 64.6 Å². The summed E-state index contributed by atoms with van der Waals surface area (Å²) >= 11 is 0. The van der Waals surface area contributed by atoms with E-state index in [0.29, 0.717) is 11.7 Å². The second kappa shape index (κ2) is 5.53. The Balaban J connectivity index is 2.40. The highest BCUT2D eigenvalue weighted by molar-refractivity contribution is 5.31. The van der Waals surface area contributed by atoms with Crippen molar-refractivity contribution in [3.05, 3.63) is 11.9 Å². The molecule has 0 saturated heterocycles. The van der Waals surface area contributed by atoms with Gasteiger partial charge in [-0.1, -0.05) is 13.3 Å². The highest BCUT2D eigenvalue weighted by atomic mass is 16.5. The van der Waals surface area contributed by atoms with Gasteiger partial charge in [-0.15, -0.1) is 0 Å². The maximum atomic E-state index is 11.1. The van der Waals surface area contributed by atoms with Crippen LogP contribution in [0.4, 0.5) is 0 Å². The molecule has 0 aromatic carbocycles. The fourth-order valence-corrected chi connectivity index (χ4v) is 3.06. The summed E-state index contributed by atoms with van der Waals surface area (Å²) in [5, 5.41) is 15.5. The summed E-state index contributed by atoms with van der Waals surface area (Å²) < 4.78 is 7.33. The molecular weight excluding hydrogens is 240 g/mol. The molecule has 1 N–H and O–H groups in total. The van der Waals surface area contributed by atoms with Crippen LogP contribution in [0.25, 0.3) is 0 Å². The smallest absolute Gasteiger partial charge is 0.162 e. The third-order valence-electron chi connectivity index (χ3n) is 4.25. The van der Waals surface area contributed by atoms with Crippen LogP contribution in [0.5, 0.6) is 5.75 Å². The molecule has 1 fully saturated rings. The zero-order valence-electron chi connectivity index (χ0n) is 12.5. The van der Waals surface area contributed by atoms with Crippen molar-refractivity contribution in [1.29, 1.82) is 0 Å². The van der Waals surface area contributed by atoms with Gasteiger partial charge in [-0.25, -0.2) is 0 Å². The van der Waals surface area contributed by atoms with E-state index in [1.807, 2.05) is 4.68 Å². The van der Waals surface area contributed by atoms with E-state index in [9.17, 15) is 5.11 Å². The highest BCUT2D eigenvalue weighted by Crippen LogP contribution is 2.42. The van der Waals surface area contributed by atoms with E-state index in [2.05, 4.69) is 25.9 Å². The van der Waals surface area contributed by atoms with Gasteiger partial charge in [0.2, 0.25) is 0 Å². The molecule has 0 spiro atoms. The van der Waals surface area contributed by atoms with Crippen molar-refractivity contribution in [3.8, 4) is 5.75 Å². The van der Waals surface area contributed by atoms with Crippen molar-refractivity contribution in [2.45, 2.75) is 64.5 Å². The SMILES string of the molecule is COc1cnn(C(C)C)c1C1(O)CCCC(C)CC1. The predicted molar refractivity (Wildman–Crippen MR) is 75.3 cm³/mol. The van der Waals surface area contributed by atoms with Gasteiger partial charge < -0.3 is 9.84 Å². The van der Waals surface area contributed by atoms with E-state index < -0.39 is 5.60 Å². The Kier molecular flexibility index (Phi) is 4.19. The van der Waals surface area contributed by atoms with Gasteiger partial charge in [0.25, 0.3) is 0 Å². The van der Waals surface area contributed by atoms with Crippen molar-refractivity contribution in [1.82, 2.24) is 9.78 Å². The third kappa shape index (κ3) is 2.78. The average Bonchev–Trinajstić information content (AvgIpc) is 2.73. The number of methoxy groups -OCH3 is 1. The topological polar surface area (TPSA) is 47.3 Å². The minimum Gasteiger partial charge on any atom is -0.493 e. The lowest BCUT2D eigenvalue weighted by atomic mass is 9.89. The lowest BCUT2D eigenvalue weighted by Crippen LogP contribution is -2.30. The number of hydrogen-bond donors (Lipinski definition) is 1. The summed E-state index contributed by atoms with van der Waals surface area (Å²) in [5.74, 6) is 1.40. The van der Waals surface area contributed by atoms with Gasteiger partial charge in [-0.05, 0) is 45.4 Å². The van der Waals surface area contributed by atoms with Gasteiger partial charge in [0.1, 0.15) is 11.3 Å². The van der Waals surface area contributed by atoms with Crippen LogP contribution in [-0.4, -0.2) is 22.0 Å². The number of rotatable bonds is 3. The van der Waals surface area contributed by atoms with Gasteiger partial charge in [0, 0.05) is 6.04 Å². The van der Waals surface area contributed by atoms with Crippen molar-refractivity contribution < 1.29 is 9.84 Å². The van der Waals surface area contributed by atoms with Gasteiger partial charge in [-0.3, -0.25) is 4.68 Å². The number of hydrogen-bond acceptors (Lipinski definition) is 3. The Morgan fingerprint density at radius 3 is 2.79 bits per heavy atom. The first kappa shape index (κ1) is 14.4. The molecule has 2 unspecified atom stereocenters. The quantitative estimate of drug-likeness (QED) is 0.854. The fourth-order valence-electron chi connectivity index (χ4n) is 3.06. The largest absolute Gasteiger partial charge is 0.493 e. The van der Waals surface area contributed by atoms with Gasteiger partial charge in [-0.2, -0.15) is 5.10 Å². The van der Waals surface area contributed by atoms with Crippen molar-refractivity contribution >= 4 is 0 Å². The first-order chi connectivity index (χ1) is 8.98. The van der Waals surface area contributed by atoms with Crippen LogP contribution in [-0.2, 0) is 5.60 Å². The summed E-state index contributed by atoms with van der Waals surface area (Å²) in [5.41, 5.74) is 0.0655. The molecule has 0 radical (unpaired) electrons. The molecule has 2 atom stereocenters. The van der Waals surface area contributed by atoms with E-state index in [-0.39, 0.29) is 6.04 Å². The molecular formula is C15H26N2O2. The maximum Gasteiger partial charge on any atom is 0.162 e. The Morgan fingerprint density at radius 2 is 2.16 bits per heavy atom. The molecule has 0 aliphatic heterocycles. The molecule has 19 heavy (non-hydrogen) atoms. The molecule has 1 heterocycles. The zero-order chi connectivity index (χ0) is 14.0. The normalized spacial score (nSPS) is 28.4. The van der Waals surface area contributed by atoms with Crippen LogP contribution in [0, 0.1) is 5.92 Å². The lowest BCUT2D eigenvalue weighted by Gasteiger charge is -2.29. The van der Waals surface area contributed by atoms with Gasteiger partial charge >= 0.3 is 0 Å². The molecule has 2 rings (SSSR count). The number of nitrogens with zero attached hydrogens (tertiary/aromatic N) is 2. The molecule has 108 valence electrons. The summed E-state index contributed by atoms with van der Waals surface area (Å²) in [4.78, 5) is 0. The average molecular weight is 266 g/mol. The first-order valence-corrected chi connectivity index (χ1v) is 7.32. The molecule has 4 heteroatoms. The highest BCUT2D eigenvalue weighted by Gasteiger charge is 2.38. The molecule has 0 bridgehead atoms. The number of aliphatic hydroxyl groups is 1. The standard InChI is InChI=1S/C15H26N2O2/c1-11(2)17-14(13(19-4)10-16-17)15(18)8-5-6-12(3)7-9-15/h10-12,18H,5-9H2,1-4H3. The van der Waals surface area contributed by atoms with Crippen LogP contribution >= 0.6 is 0 Å². The Hall–Kier alpha value is -1.03. The predicted octanol–water partition coefficient (Wildman–Crippen LogP) is 3.26. The van der Waals surface area contributed by atoms with E-state index >= 15 is 0 Å². The first-order valence-electron chi connectivity index (χ1n) is 7.32. The van der Waals surface area contributed by atoms with Crippen LogP contribution in [0.15, 0.2) is 6.20 Å². The van der Waals surface area contributed by atoms with E-state index in [1.54, 1.807) is 13.3 Å². The minimum atomic E-state index is -0.795. The van der Waals surface area contributed by atoms with Crippen molar-refractivity contribution in [3.63, 3.8) is 0 Å². The fraction of sp³-hybridized carbons (Fsp3) is 0.800. The Bertz CT molecular complexity index is 428. The second-order valence-corrected chi connectivity index (χ2v) is 6.17. The minimum absolute atomic E-state index is 0.226. The lowest BCUT2D eigenvalue weighted by molar-refractivity contribution is 0.00778. The van der Waals surface area contributed by atoms with Crippen LogP contribution in [0.3, 0.4) is 0 Å². The maximum absolute atomic E-state index is 11.1. The Labute approximate surface area is 115 Å². The molecule has 1 aliphatic rings. The van der Waals surface area contributed by atoms with E-state index in [4.69, 9.17) is 4.74 Å². The molecule has 1 aromatic rings. The molecule has 4 nitrogen and oxygen atoms in total. The second-order valence-electron chi connectivity index (χ2n) is 6.17. The van der Waals surface area contributed by atoms with E-state index in [0.717, 1.165) is 31.4 Å². The van der Waals surface area contributed by atoms with Crippen molar-refractivity contribution in [2.75, 3.05) is 7.11 Å². The summed E-state index contributed by atoms with van der Waals surface area (Å²) in [6.45, 7) is 6.43. The van der Waals surface area contributed by atoms with Crippen LogP contribution < -0.4 is 4.74 Å². The summed E-state index contributed by atoms with van der Waals surface area (Å²) in [6, 6.07) is 0.226. The summed E-state index contributed by atoms with van der Waals surface area (Å²) in [7, 11) is 1.65. The summed E-state index contributed by atoms with van der Waals surface area (Å²) in [6.07, 6.45) is 6.63. The Morgan fingerprint density at radius 1 is 1.42 bits per heavy atom. The van der Waals surface area contributed by atoms with Crippen LogP contribution in [0.2, 0.25) is 0 Å². The third-order valence-corrected chi connectivity index (χ3v) is 4.25. The van der Waals surface area contributed by atoms with Gasteiger partial charge in [0.15, 0.2) is 5.75 Å². The number of aromatic nitrogens is 2. The molecule has 1 aliphatic carbocycles. The number of ether oxygens (including phenoxy) is 1. The molecule has 1 saturated carbocycles. The zero-order valence-corrected chi connectivity index (χ0v) is 12.5. The molecule has 1 aromatic heterocycles. The van der Waals surface area contributed by atoms with Crippen molar-refractivity contribution in [2.24, 2.45) is 5.92 Å². The monoisotopic (exact) mass is 266 g/mol.